The van der Waals surface area contributed by atoms with Crippen LogP contribution < -0.4 is 15.4 Å². The van der Waals surface area contributed by atoms with E-state index < -0.39 is 11.8 Å². The second-order valence-electron chi connectivity index (χ2n) is 6.46. The van der Waals surface area contributed by atoms with Gasteiger partial charge in [0.2, 0.25) is 5.91 Å². The lowest BCUT2D eigenvalue weighted by Crippen LogP contribution is -2.35. The van der Waals surface area contributed by atoms with Crippen molar-refractivity contribution in [3.8, 4) is 5.75 Å². The molecule has 0 unspecified atom stereocenters. The quantitative estimate of drug-likeness (QED) is 0.493. The van der Waals surface area contributed by atoms with Gasteiger partial charge in [0.05, 0.1) is 17.3 Å². The third-order valence-corrected chi connectivity index (χ3v) is 4.74. The summed E-state index contributed by atoms with van der Waals surface area (Å²) in [6, 6.07) is 20.1. The van der Waals surface area contributed by atoms with Crippen LogP contribution in [0.15, 0.2) is 72.8 Å². The van der Waals surface area contributed by atoms with Gasteiger partial charge in [0.1, 0.15) is 5.75 Å². The lowest BCUT2D eigenvalue weighted by Gasteiger charge is -2.10. The molecule has 0 bridgehead atoms. The first-order chi connectivity index (χ1) is 14.9. The summed E-state index contributed by atoms with van der Waals surface area (Å²) in [6.45, 7) is -0.535. The number of anilines is 1. The van der Waals surface area contributed by atoms with Crippen molar-refractivity contribution >= 4 is 46.5 Å². The van der Waals surface area contributed by atoms with Crippen molar-refractivity contribution in [2.24, 2.45) is 0 Å². The summed E-state index contributed by atoms with van der Waals surface area (Å²) in [7, 11) is 0. The minimum Gasteiger partial charge on any atom is -0.484 e. The normalized spacial score (nSPS) is 10.3. The molecule has 0 aliphatic carbocycles. The van der Waals surface area contributed by atoms with Crippen molar-refractivity contribution in [2.75, 3.05) is 18.5 Å². The molecule has 0 heterocycles. The number of hydrogen-bond acceptors (Lipinski definition) is 4. The summed E-state index contributed by atoms with van der Waals surface area (Å²) >= 11 is 11.9. The number of hydrogen-bond donors (Lipinski definition) is 2. The monoisotopic (exact) mass is 456 g/mol. The Morgan fingerprint density at radius 3 is 2.19 bits per heavy atom. The van der Waals surface area contributed by atoms with Gasteiger partial charge < -0.3 is 15.4 Å². The van der Waals surface area contributed by atoms with Gasteiger partial charge in [-0.1, -0.05) is 53.5 Å². The van der Waals surface area contributed by atoms with Crippen LogP contribution in [-0.2, 0) is 9.59 Å². The Morgan fingerprint density at radius 1 is 0.806 bits per heavy atom. The minimum atomic E-state index is -0.475. The van der Waals surface area contributed by atoms with E-state index in [1.807, 2.05) is 6.07 Å². The van der Waals surface area contributed by atoms with E-state index in [2.05, 4.69) is 10.6 Å². The number of carbonyl (C=O) groups is 3. The van der Waals surface area contributed by atoms with Crippen molar-refractivity contribution in [2.45, 2.75) is 0 Å². The van der Waals surface area contributed by atoms with Gasteiger partial charge in [0, 0.05) is 16.1 Å². The summed E-state index contributed by atoms with van der Waals surface area (Å²) in [5.41, 5.74) is 1.46. The summed E-state index contributed by atoms with van der Waals surface area (Å²) in [5.74, 6) is -0.608. The van der Waals surface area contributed by atoms with E-state index in [1.165, 1.54) is 6.07 Å². The first-order valence-electron chi connectivity index (χ1n) is 9.26. The summed E-state index contributed by atoms with van der Waals surface area (Å²) < 4.78 is 5.40. The van der Waals surface area contributed by atoms with E-state index >= 15 is 0 Å². The molecule has 0 aliphatic heterocycles. The average Bonchev–Trinajstić information content (AvgIpc) is 2.79. The Labute approximate surface area is 189 Å². The molecule has 8 heteroatoms. The minimum absolute atomic E-state index is 0.101. The number of ether oxygens (including phenoxy) is 1. The molecule has 3 aromatic carbocycles. The molecular weight excluding hydrogens is 439 g/mol. The molecule has 6 nitrogen and oxygen atoms in total. The van der Waals surface area contributed by atoms with Crippen LogP contribution in [0.1, 0.15) is 15.9 Å². The topological polar surface area (TPSA) is 84.5 Å². The lowest BCUT2D eigenvalue weighted by molar-refractivity contribution is -0.125. The van der Waals surface area contributed by atoms with Gasteiger partial charge in [-0.15, -0.1) is 0 Å². The fraction of sp³-hybridized carbons (Fsp3) is 0.0870. The maximum absolute atomic E-state index is 12.4. The number of rotatable bonds is 8. The highest BCUT2D eigenvalue weighted by atomic mass is 35.5. The first-order valence-corrected chi connectivity index (χ1v) is 10.0. The maximum Gasteiger partial charge on any atom is 0.258 e. The van der Waals surface area contributed by atoms with Crippen molar-refractivity contribution in [1.82, 2.24) is 5.32 Å². The number of nitrogens with one attached hydrogen (secondary N) is 2. The van der Waals surface area contributed by atoms with Crippen molar-refractivity contribution in [3.63, 3.8) is 0 Å². The second kappa shape index (κ2) is 10.6. The molecule has 0 fully saturated rings. The molecule has 3 aromatic rings. The molecule has 158 valence electrons. The highest BCUT2D eigenvalue weighted by Crippen LogP contribution is 2.25. The Balaban J connectivity index is 1.44. The zero-order chi connectivity index (χ0) is 22.2. The third kappa shape index (κ3) is 6.57. The van der Waals surface area contributed by atoms with Gasteiger partial charge in [-0.2, -0.15) is 0 Å². The highest BCUT2D eigenvalue weighted by molar-refractivity contribution is 6.35. The molecule has 0 aromatic heterocycles. The van der Waals surface area contributed by atoms with Crippen LogP contribution >= 0.6 is 23.2 Å². The standard InChI is InChI=1S/C23H18Cl2N2O4/c24-17-8-11-19(25)20(12-17)27-21(28)13-26-22(29)14-31-18-9-6-16(7-10-18)23(30)15-4-2-1-3-5-15/h1-12H,13-14H2,(H,26,29)(H,27,28). The van der Waals surface area contributed by atoms with Crippen LogP contribution in [0.25, 0.3) is 0 Å². The predicted molar refractivity (Wildman–Crippen MR) is 120 cm³/mol. The Hall–Kier alpha value is -3.35. The van der Waals surface area contributed by atoms with Crippen molar-refractivity contribution in [1.29, 1.82) is 0 Å². The summed E-state index contributed by atoms with van der Waals surface area (Å²) in [5, 5.41) is 5.78. The number of amides is 2. The number of carbonyl (C=O) groups excluding carboxylic acids is 3. The van der Waals surface area contributed by atoms with E-state index in [0.717, 1.165) is 0 Å². The number of benzene rings is 3. The van der Waals surface area contributed by atoms with Gasteiger partial charge in [-0.05, 0) is 42.5 Å². The second-order valence-corrected chi connectivity index (χ2v) is 7.30. The molecule has 0 atom stereocenters. The highest BCUT2D eigenvalue weighted by Gasteiger charge is 2.11. The van der Waals surface area contributed by atoms with Crippen LogP contribution in [0.5, 0.6) is 5.75 Å². The van der Waals surface area contributed by atoms with Crippen LogP contribution in [0.2, 0.25) is 10.0 Å². The van der Waals surface area contributed by atoms with Gasteiger partial charge >= 0.3 is 0 Å². The molecule has 0 radical (unpaired) electrons. The molecule has 0 spiro atoms. The maximum atomic E-state index is 12.4. The Kier molecular flexibility index (Phi) is 7.65. The molecule has 0 saturated carbocycles. The van der Waals surface area contributed by atoms with Gasteiger partial charge in [0.25, 0.3) is 5.91 Å². The lowest BCUT2D eigenvalue weighted by atomic mass is 10.0. The van der Waals surface area contributed by atoms with Crippen LogP contribution in [0.3, 0.4) is 0 Å². The van der Waals surface area contributed by atoms with E-state index in [0.29, 0.717) is 32.6 Å². The number of halogens is 2. The number of ketones is 1. The smallest absolute Gasteiger partial charge is 0.258 e. The molecule has 2 amide bonds. The van der Waals surface area contributed by atoms with Crippen LogP contribution in [0, 0.1) is 0 Å². The zero-order valence-electron chi connectivity index (χ0n) is 16.2. The van der Waals surface area contributed by atoms with E-state index in [4.69, 9.17) is 27.9 Å². The summed E-state index contributed by atoms with van der Waals surface area (Å²) in [6.07, 6.45) is 0. The van der Waals surface area contributed by atoms with Crippen LogP contribution in [0.4, 0.5) is 5.69 Å². The zero-order valence-corrected chi connectivity index (χ0v) is 17.7. The molecule has 2 N–H and O–H groups in total. The van der Waals surface area contributed by atoms with E-state index in [-0.39, 0.29) is 18.9 Å². The molecule has 0 aliphatic rings. The molecular formula is C23H18Cl2N2O4. The average molecular weight is 457 g/mol. The fourth-order valence-electron chi connectivity index (χ4n) is 2.63. The summed E-state index contributed by atoms with van der Waals surface area (Å²) in [4.78, 5) is 36.3. The van der Waals surface area contributed by atoms with E-state index in [9.17, 15) is 14.4 Å². The molecule has 31 heavy (non-hydrogen) atoms. The van der Waals surface area contributed by atoms with Crippen LogP contribution in [-0.4, -0.2) is 30.7 Å². The molecule has 3 rings (SSSR count). The molecule has 0 saturated heterocycles. The first kappa shape index (κ1) is 22.3. The van der Waals surface area contributed by atoms with E-state index in [1.54, 1.807) is 60.7 Å². The van der Waals surface area contributed by atoms with Gasteiger partial charge in [-0.3, -0.25) is 14.4 Å². The fourth-order valence-corrected chi connectivity index (χ4v) is 2.96. The van der Waals surface area contributed by atoms with Crippen molar-refractivity contribution < 1.29 is 19.1 Å². The van der Waals surface area contributed by atoms with Gasteiger partial charge in [-0.25, -0.2) is 0 Å². The predicted octanol–water partition coefficient (Wildman–Crippen LogP) is 4.36. The third-order valence-electron chi connectivity index (χ3n) is 4.17. The largest absolute Gasteiger partial charge is 0.484 e. The Bertz CT molecular complexity index is 1090. The van der Waals surface area contributed by atoms with Crippen molar-refractivity contribution in [3.05, 3.63) is 94.0 Å². The SMILES string of the molecule is O=C(COc1ccc(C(=O)c2ccccc2)cc1)NCC(=O)Nc1cc(Cl)ccc1Cl. The Morgan fingerprint density at radius 2 is 1.48 bits per heavy atom. The van der Waals surface area contributed by atoms with Gasteiger partial charge in [0.15, 0.2) is 12.4 Å².